The summed E-state index contributed by atoms with van der Waals surface area (Å²) in [6, 6.07) is 0. The third-order valence-corrected chi connectivity index (χ3v) is 4.79. The molecule has 164 valence electrons. The van der Waals surface area contributed by atoms with E-state index in [9.17, 15) is 9.90 Å². The number of allylic oxidation sites excluding steroid dienone is 3. The molecule has 0 saturated heterocycles. The molecule has 0 radical (unpaired) electrons. The van der Waals surface area contributed by atoms with Crippen LogP contribution in [0.4, 0.5) is 0 Å². The molecule has 1 atom stereocenters. The van der Waals surface area contributed by atoms with Gasteiger partial charge in [-0.1, -0.05) is 77.0 Å². The van der Waals surface area contributed by atoms with Gasteiger partial charge in [-0.25, -0.2) is 4.79 Å². The fourth-order valence-corrected chi connectivity index (χ4v) is 3.06. The van der Waals surface area contributed by atoms with E-state index in [1.165, 1.54) is 57.8 Å². The number of hydrogen-bond donors (Lipinski definition) is 2. The van der Waals surface area contributed by atoms with Crippen molar-refractivity contribution in [2.24, 2.45) is 0 Å². The third kappa shape index (κ3) is 17.0. The van der Waals surface area contributed by atoms with Gasteiger partial charge in [-0.2, -0.15) is 0 Å². The van der Waals surface area contributed by atoms with E-state index in [1.54, 1.807) is 0 Å². The molecule has 4 nitrogen and oxygen atoms in total. The number of rotatable bonds is 19. The lowest BCUT2D eigenvalue weighted by molar-refractivity contribution is -0.142. The minimum atomic E-state index is -0.999. The Morgan fingerprint density at radius 1 is 0.893 bits per heavy atom. The van der Waals surface area contributed by atoms with E-state index in [2.05, 4.69) is 19.1 Å². The Hall–Kier alpha value is -1.13. The maximum absolute atomic E-state index is 12.0. The van der Waals surface area contributed by atoms with Gasteiger partial charge in [0.25, 0.3) is 0 Å². The maximum Gasteiger partial charge on any atom is 0.333 e. The zero-order valence-corrected chi connectivity index (χ0v) is 18.3. The lowest BCUT2D eigenvalue weighted by Gasteiger charge is -2.11. The van der Waals surface area contributed by atoms with E-state index >= 15 is 0 Å². The number of unbranched alkanes of at least 4 members (excludes halogenated alkanes) is 10. The van der Waals surface area contributed by atoms with Crippen LogP contribution < -0.4 is 0 Å². The van der Waals surface area contributed by atoms with Gasteiger partial charge in [0.1, 0.15) is 12.7 Å². The highest BCUT2D eigenvalue weighted by Crippen LogP contribution is 2.14. The van der Waals surface area contributed by atoms with Crippen LogP contribution >= 0.6 is 0 Å². The van der Waals surface area contributed by atoms with Crippen molar-refractivity contribution in [3.63, 3.8) is 0 Å². The van der Waals surface area contributed by atoms with Crippen molar-refractivity contribution < 1.29 is 19.7 Å². The molecule has 0 rings (SSSR count). The Labute approximate surface area is 173 Å². The number of carbonyl (C=O) groups is 1. The van der Waals surface area contributed by atoms with E-state index in [4.69, 9.17) is 9.84 Å². The fraction of sp³-hybridized carbons (Fsp3) is 0.792. The number of hydrogen-bond acceptors (Lipinski definition) is 4. The zero-order chi connectivity index (χ0) is 20.9. The van der Waals surface area contributed by atoms with E-state index in [1.807, 2.05) is 13.0 Å². The van der Waals surface area contributed by atoms with Crippen molar-refractivity contribution in [2.75, 3.05) is 13.2 Å². The molecule has 0 aromatic heterocycles. The second-order valence-corrected chi connectivity index (χ2v) is 7.55. The van der Waals surface area contributed by atoms with E-state index in [-0.39, 0.29) is 12.6 Å². The van der Waals surface area contributed by atoms with E-state index in [0.29, 0.717) is 5.57 Å². The average molecular weight is 397 g/mol. The van der Waals surface area contributed by atoms with Crippen LogP contribution in [-0.2, 0) is 9.53 Å². The fourth-order valence-electron chi connectivity index (χ4n) is 3.06. The normalized spacial score (nSPS) is 13.2. The summed E-state index contributed by atoms with van der Waals surface area (Å²) < 4.78 is 5.05. The standard InChI is InChI=1S/C24H44O4/c1-3-5-6-7-8-9-10-11-12-13-14-15-16-17-19-22(18-4-2)24(27)28-21-23(26)20-25/h11-12,18,23,25-26H,3-10,13-17,19-21H2,1-2H3/b12-11-,22-18?. The highest BCUT2D eigenvalue weighted by molar-refractivity contribution is 5.88. The van der Waals surface area contributed by atoms with Gasteiger partial charge in [0.05, 0.1) is 6.61 Å². The van der Waals surface area contributed by atoms with Crippen LogP contribution in [0.2, 0.25) is 0 Å². The Balaban J connectivity index is 3.68. The summed E-state index contributed by atoms with van der Waals surface area (Å²) in [4.78, 5) is 12.0. The highest BCUT2D eigenvalue weighted by atomic mass is 16.5. The van der Waals surface area contributed by atoms with Gasteiger partial charge >= 0.3 is 5.97 Å². The van der Waals surface area contributed by atoms with Crippen LogP contribution in [0, 0.1) is 0 Å². The van der Waals surface area contributed by atoms with Gasteiger partial charge in [-0.3, -0.25) is 0 Å². The van der Waals surface area contributed by atoms with E-state index < -0.39 is 12.7 Å². The Morgan fingerprint density at radius 2 is 1.46 bits per heavy atom. The Kier molecular flexibility index (Phi) is 19.8. The Morgan fingerprint density at radius 3 is 2.04 bits per heavy atom. The smallest absolute Gasteiger partial charge is 0.333 e. The van der Waals surface area contributed by atoms with Gasteiger partial charge in [0, 0.05) is 5.57 Å². The molecule has 1 unspecified atom stereocenters. The SMILES string of the molecule is CCC=C(CCCCCC/C=C\CCCCCCCC)C(=O)OCC(O)CO. The van der Waals surface area contributed by atoms with Crippen LogP contribution in [0.1, 0.15) is 104 Å². The van der Waals surface area contributed by atoms with Crippen molar-refractivity contribution in [3.05, 3.63) is 23.8 Å². The molecule has 2 N–H and O–H groups in total. The molecule has 0 aliphatic carbocycles. The molecule has 0 saturated carbocycles. The molecule has 0 aliphatic heterocycles. The molecule has 28 heavy (non-hydrogen) atoms. The van der Waals surface area contributed by atoms with Crippen LogP contribution in [0.5, 0.6) is 0 Å². The quantitative estimate of drug-likeness (QED) is 0.124. The summed E-state index contributed by atoms with van der Waals surface area (Å²) in [5.74, 6) is -0.369. The number of aliphatic hydroxyl groups excluding tert-OH is 2. The molecule has 0 aromatic carbocycles. The molecule has 0 spiro atoms. The first-order chi connectivity index (χ1) is 13.7. The predicted molar refractivity (Wildman–Crippen MR) is 117 cm³/mol. The highest BCUT2D eigenvalue weighted by Gasteiger charge is 2.12. The summed E-state index contributed by atoms with van der Waals surface area (Å²) in [6.07, 6.45) is 22.0. The minimum absolute atomic E-state index is 0.151. The summed E-state index contributed by atoms with van der Waals surface area (Å²) in [6.45, 7) is 3.70. The maximum atomic E-state index is 12.0. The van der Waals surface area contributed by atoms with Crippen molar-refractivity contribution in [1.82, 2.24) is 0 Å². The average Bonchev–Trinajstić information content (AvgIpc) is 2.71. The number of esters is 1. The second kappa shape index (κ2) is 20.6. The van der Waals surface area contributed by atoms with Crippen LogP contribution in [0.3, 0.4) is 0 Å². The molecule has 4 heteroatoms. The molecule has 0 aromatic rings. The molecule has 0 heterocycles. The number of ether oxygens (including phenoxy) is 1. The van der Waals surface area contributed by atoms with Gasteiger partial charge in [0.15, 0.2) is 0 Å². The zero-order valence-electron chi connectivity index (χ0n) is 18.3. The summed E-state index contributed by atoms with van der Waals surface area (Å²) in [5, 5.41) is 18.0. The Bertz CT molecular complexity index is 415. The van der Waals surface area contributed by atoms with Gasteiger partial charge < -0.3 is 14.9 Å². The molecule has 0 bridgehead atoms. The predicted octanol–water partition coefficient (Wildman–Crippen LogP) is 5.87. The summed E-state index contributed by atoms with van der Waals surface area (Å²) in [7, 11) is 0. The van der Waals surface area contributed by atoms with Crippen molar-refractivity contribution in [3.8, 4) is 0 Å². The van der Waals surface area contributed by atoms with Crippen molar-refractivity contribution in [2.45, 2.75) is 110 Å². The topological polar surface area (TPSA) is 66.8 Å². The number of carbonyl (C=O) groups excluding carboxylic acids is 1. The first-order valence-corrected chi connectivity index (χ1v) is 11.5. The largest absolute Gasteiger partial charge is 0.459 e. The van der Waals surface area contributed by atoms with Gasteiger partial charge in [0.2, 0.25) is 0 Å². The molecular weight excluding hydrogens is 352 g/mol. The van der Waals surface area contributed by atoms with Gasteiger partial charge in [-0.05, 0) is 44.9 Å². The summed E-state index contributed by atoms with van der Waals surface area (Å²) in [5.41, 5.74) is 0.687. The molecule has 0 amide bonds. The monoisotopic (exact) mass is 396 g/mol. The molecular formula is C24H44O4. The van der Waals surface area contributed by atoms with Crippen LogP contribution in [0.25, 0.3) is 0 Å². The van der Waals surface area contributed by atoms with Crippen molar-refractivity contribution in [1.29, 1.82) is 0 Å². The first-order valence-electron chi connectivity index (χ1n) is 11.5. The number of aliphatic hydroxyl groups is 2. The lowest BCUT2D eigenvalue weighted by atomic mass is 10.0. The molecule has 0 aliphatic rings. The lowest BCUT2D eigenvalue weighted by Crippen LogP contribution is -2.22. The summed E-state index contributed by atoms with van der Waals surface area (Å²) >= 11 is 0. The van der Waals surface area contributed by atoms with Gasteiger partial charge in [-0.15, -0.1) is 0 Å². The van der Waals surface area contributed by atoms with Crippen molar-refractivity contribution >= 4 is 5.97 Å². The van der Waals surface area contributed by atoms with Crippen LogP contribution in [0.15, 0.2) is 23.8 Å². The van der Waals surface area contributed by atoms with E-state index in [0.717, 1.165) is 32.1 Å². The minimum Gasteiger partial charge on any atom is -0.459 e. The third-order valence-electron chi connectivity index (χ3n) is 4.79. The van der Waals surface area contributed by atoms with Crippen LogP contribution in [-0.4, -0.2) is 35.5 Å². The second-order valence-electron chi connectivity index (χ2n) is 7.55. The molecule has 0 fully saturated rings. The first kappa shape index (κ1) is 26.9.